The van der Waals surface area contributed by atoms with Gasteiger partial charge in [-0.2, -0.15) is 0 Å². The van der Waals surface area contributed by atoms with Crippen LogP contribution in [-0.4, -0.2) is 24.1 Å². The molecule has 1 aromatic rings. The van der Waals surface area contributed by atoms with Crippen molar-refractivity contribution in [2.24, 2.45) is 5.92 Å². The molecule has 1 unspecified atom stereocenters. The van der Waals surface area contributed by atoms with Gasteiger partial charge in [0.25, 0.3) is 0 Å². The monoisotopic (exact) mass is 247 g/mol. The molecule has 2 heterocycles. The Kier molecular flexibility index (Phi) is 4.59. The number of hydrogen-bond acceptors (Lipinski definition) is 3. The maximum absolute atomic E-state index is 4.60. The Hall–Kier alpha value is -1.09. The first-order chi connectivity index (χ1) is 8.65. The Morgan fingerprint density at radius 1 is 1.44 bits per heavy atom. The van der Waals surface area contributed by atoms with Gasteiger partial charge in [0.05, 0.1) is 0 Å². The number of hydrogen-bond donors (Lipinski definition) is 1. The molecule has 18 heavy (non-hydrogen) atoms. The second-order valence-corrected chi connectivity index (χ2v) is 5.75. The Labute approximate surface area is 111 Å². The van der Waals surface area contributed by atoms with E-state index in [4.69, 9.17) is 0 Å². The molecule has 1 aliphatic heterocycles. The molecule has 0 amide bonds. The van der Waals surface area contributed by atoms with E-state index in [1.165, 1.54) is 18.4 Å². The highest BCUT2D eigenvalue weighted by Gasteiger charge is 2.17. The maximum atomic E-state index is 4.60. The van der Waals surface area contributed by atoms with E-state index in [-0.39, 0.29) is 0 Å². The summed E-state index contributed by atoms with van der Waals surface area (Å²) in [6.07, 6.45) is 4.65. The standard InChI is InChI=1S/C15H25N3/c1-12(2)16-9-14-6-7-15(17-10-14)18-8-4-5-13(3)11-18/h6-7,10,12-13,16H,4-5,8-9,11H2,1-3H3. The van der Waals surface area contributed by atoms with Gasteiger partial charge in [0.1, 0.15) is 5.82 Å². The highest BCUT2D eigenvalue weighted by Crippen LogP contribution is 2.21. The topological polar surface area (TPSA) is 28.2 Å². The summed E-state index contributed by atoms with van der Waals surface area (Å²) in [5.41, 5.74) is 1.26. The van der Waals surface area contributed by atoms with Crippen LogP contribution in [0.3, 0.4) is 0 Å². The average molecular weight is 247 g/mol. The summed E-state index contributed by atoms with van der Waals surface area (Å²) in [4.78, 5) is 7.01. The van der Waals surface area contributed by atoms with Gasteiger partial charge in [-0.15, -0.1) is 0 Å². The van der Waals surface area contributed by atoms with E-state index in [0.29, 0.717) is 6.04 Å². The van der Waals surface area contributed by atoms with Crippen molar-refractivity contribution in [2.75, 3.05) is 18.0 Å². The molecule has 2 rings (SSSR count). The van der Waals surface area contributed by atoms with Gasteiger partial charge < -0.3 is 10.2 Å². The number of aromatic nitrogens is 1. The predicted octanol–water partition coefficient (Wildman–Crippen LogP) is 2.82. The molecule has 1 aromatic heterocycles. The molecule has 0 bridgehead atoms. The molecular weight excluding hydrogens is 222 g/mol. The number of rotatable bonds is 4. The van der Waals surface area contributed by atoms with E-state index in [2.05, 4.69) is 48.1 Å². The minimum atomic E-state index is 0.521. The Morgan fingerprint density at radius 3 is 2.89 bits per heavy atom. The van der Waals surface area contributed by atoms with Crippen LogP contribution in [0.4, 0.5) is 5.82 Å². The summed E-state index contributed by atoms with van der Waals surface area (Å²) in [6.45, 7) is 9.86. The number of nitrogens with one attached hydrogen (secondary N) is 1. The van der Waals surface area contributed by atoms with Gasteiger partial charge in [-0.3, -0.25) is 0 Å². The zero-order valence-electron chi connectivity index (χ0n) is 11.8. The third kappa shape index (κ3) is 3.70. The van der Waals surface area contributed by atoms with Crippen LogP contribution in [0.25, 0.3) is 0 Å². The number of pyridine rings is 1. The lowest BCUT2D eigenvalue weighted by Gasteiger charge is -2.31. The number of piperidine rings is 1. The quantitative estimate of drug-likeness (QED) is 0.887. The maximum Gasteiger partial charge on any atom is 0.128 e. The third-order valence-corrected chi connectivity index (χ3v) is 3.50. The number of nitrogens with zero attached hydrogens (tertiary/aromatic N) is 2. The largest absolute Gasteiger partial charge is 0.356 e. The highest BCUT2D eigenvalue weighted by molar-refractivity contribution is 5.39. The van der Waals surface area contributed by atoms with Gasteiger partial charge in [-0.05, 0) is 30.4 Å². The molecular formula is C15H25N3. The minimum absolute atomic E-state index is 0.521. The van der Waals surface area contributed by atoms with Crippen LogP contribution in [0.15, 0.2) is 18.3 Å². The second kappa shape index (κ2) is 6.19. The molecule has 1 aliphatic rings. The van der Waals surface area contributed by atoms with Crippen molar-refractivity contribution in [1.29, 1.82) is 0 Å². The Bertz CT molecular complexity index is 359. The van der Waals surface area contributed by atoms with Gasteiger partial charge in [0.2, 0.25) is 0 Å². The fourth-order valence-electron chi connectivity index (χ4n) is 2.43. The van der Waals surface area contributed by atoms with Crippen molar-refractivity contribution in [3.05, 3.63) is 23.9 Å². The van der Waals surface area contributed by atoms with Crippen LogP contribution in [0.1, 0.15) is 39.2 Å². The normalized spacial score (nSPS) is 20.4. The minimum Gasteiger partial charge on any atom is -0.356 e. The van der Waals surface area contributed by atoms with E-state index in [0.717, 1.165) is 31.4 Å². The average Bonchev–Trinajstić information content (AvgIpc) is 2.37. The molecule has 0 saturated carbocycles. The summed E-state index contributed by atoms with van der Waals surface area (Å²) in [5, 5.41) is 3.41. The van der Waals surface area contributed by atoms with Crippen LogP contribution in [0, 0.1) is 5.92 Å². The lowest BCUT2D eigenvalue weighted by atomic mass is 10.0. The van der Waals surface area contributed by atoms with Crippen molar-refractivity contribution in [1.82, 2.24) is 10.3 Å². The Balaban J connectivity index is 1.94. The molecule has 3 nitrogen and oxygen atoms in total. The second-order valence-electron chi connectivity index (χ2n) is 5.75. The van der Waals surface area contributed by atoms with Crippen molar-refractivity contribution < 1.29 is 0 Å². The highest BCUT2D eigenvalue weighted by atomic mass is 15.2. The van der Waals surface area contributed by atoms with Crippen molar-refractivity contribution >= 4 is 5.82 Å². The first kappa shape index (κ1) is 13.3. The molecule has 1 atom stereocenters. The first-order valence-electron chi connectivity index (χ1n) is 7.08. The van der Waals surface area contributed by atoms with Gasteiger partial charge >= 0.3 is 0 Å². The van der Waals surface area contributed by atoms with Gasteiger partial charge in [-0.1, -0.05) is 26.8 Å². The van der Waals surface area contributed by atoms with Gasteiger partial charge in [-0.25, -0.2) is 4.98 Å². The van der Waals surface area contributed by atoms with Crippen LogP contribution >= 0.6 is 0 Å². The molecule has 1 fully saturated rings. The van der Waals surface area contributed by atoms with E-state index >= 15 is 0 Å². The lowest BCUT2D eigenvalue weighted by Crippen LogP contribution is -2.34. The van der Waals surface area contributed by atoms with Crippen molar-refractivity contribution in [2.45, 2.75) is 46.2 Å². The van der Waals surface area contributed by atoms with Crippen LogP contribution in [0.5, 0.6) is 0 Å². The first-order valence-corrected chi connectivity index (χ1v) is 7.08. The summed E-state index contributed by atoms with van der Waals surface area (Å²) >= 11 is 0. The molecule has 3 heteroatoms. The van der Waals surface area contributed by atoms with E-state index in [9.17, 15) is 0 Å². The SMILES string of the molecule is CC1CCCN(c2ccc(CNC(C)C)cn2)C1. The van der Waals surface area contributed by atoms with Gasteiger partial charge in [0, 0.05) is 31.9 Å². The van der Waals surface area contributed by atoms with Crippen molar-refractivity contribution in [3.8, 4) is 0 Å². The van der Waals surface area contributed by atoms with Gasteiger partial charge in [0.15, 0.2) is 0 Å². The zero-order chi connectivity index (χ0) is 13.0. The van der Waals surface area contributed by atoms with E-state index < -0.39 is 0 Å². The molecule has 1 N–H and O–H groups in total. The van der Waals surface area contributed by atoms with Crippen LogP contribution in [-0.2, 0) is 6.54 Å². The number of anilines is 1. The van der Waals surface area contributed by atoms with Crippen molar-refractivity contribution in [3.63, 3.8) is 0 Å². The summed E-state index contributed by atoms with van der Waals surface area (Å²) in [6, 6.07) is 4.87. The molecule has 0 radical (unpaired) electrons. The predicted molar refractivity (Wildman–Crippen MR) is 76.8 cm³/mol. The fourth-order valence-corrected chi connectivity index (χ4v) is 2.43. The molecule has 0 aromatic carbocycles. The molecule has 0 spiro atoms. The zero-order valence-corrected chi connectivity index (χ0v) is 11.8. The Morgan fingerprint density at radius 2 is 2.28 bits per heavy atom. The summed E-state index contributed by atoms with van der Waals surface area (Å²) < 4.78 is 0. The van der Waals surface area contributed by atoms with E-state index in [1.54, 1.807) is 0 Å². The van der Waals surface area contributed by atoms with Crippen LogP contribution in [0.2, 0.25) is 0 Å². The summed E-state index contributed by atoms with van der Waals surface area (Å²) in [5.74, 6) is 1.93. The molecule has 100 valence electrons. The molecule has 0 aliphatic carbocycles. The molecule has 1 saturated heterocycles. The fraction of sp³-hybridized carbons (Fsp3) is 0.667. The third-order valence-electron chi connectivity index (χ3n) is 3.50. The lowest BCUT2D eigenvalue weighted by molar-refractivity contribution is 0.444. The summed E-state index contributed by atoms with van der Waals surface area (Å²) in [7, 11) is 0. The van der Waals surface area contributed by atoms with E-state index in [1.807, 2.05) is 6.20 Å². The van der Waals surface area contributed by atoms with Crippen LogP contribution < -0.4 is 10.2 Å². The smallest absolute Gasteiger partial charge is 0.128 e.